The van der Waals surface area contributed by atoms with E-state index in [4.69, 9.17) is 0 Å². The Labute approximate surface area is 203 Å². The maximum Gasteiger partial charge on any atom is 0.223 e. The Kier molecular flexibility index (Phi) is 4.97. The molecule has 3 aromatic heterocycles. The van der Waals surface area contributed by atoms with Gasteiger partial charge < -0.3 is 0 Å². The highest BCUT2D eigenvalue weighted by Crippen LogP contribution is 2.35. The number of nitrogens with zero attached hydrogens (tertiary/aromatic N) is 3. The van der Waals surface area contributed by atoms with Crippen molar-refractivity contribution in [1.82, 2.24) is 14.5 Å². The van der Waals surface area contributed by atoms with E-state index < -0.39 is 9.84 Å². The molecule has 0 atom stereocenters. The van der Waals surface area contributed by atoms with Crippen LogP contribution in [0.2, 0.25) is 0 Å². The van der Waals surface area contributed by atoms with E-state index in [9.17, 15) is 8.42 Å². The Bertz CT molecular complexity index is 1820. The Morgan fingerprint density at radius 1 is 0.657 bits per heavy atom. The predicted octanol–water partition coefficient (Wildman–Crippen LogP) is 6.38. The molecular weight excluding hydrogens is 454 g/mol. The summed E-state index contributed by atoms with van der Waals surface area (Å²) in [4.78, 5) is 8.91. The number of hydrogen-bond acceptors (Lipinski definition) is 4. The minimum Gasteiger partial charge on any atom is -0.294 e. The summed E-state index contributed by atoms with van der Waals surface area (Å²) in [6.45, 7) is 2.05. The lowest BCUT2D eigenvalue weighted by atomic mass is 10.0. The Morgan fingerprint density at radius 3 is 2.29 bits per heavy atom. The molecule has 0 aliphatic rings. The second-order valence-electron chi connectivity index (χ2n) is 8.48. The number of hydrogen-bond donors (Lipinski definition) is 0. The molecule has 0 spiro atoms. The third-order valence-corrected chi connectivity index (χ3v) is 7.86. The van der Waals surface area contributed by atoms with E-state index in [-0.39, 0.29) is 9.92 Å². The van der Waals surface area contributed by atoms with Crippen LogP contribution in [0, 0.1) is 6.92 Å². The van der Waals surface area contributed by atoms with Gasteiger partial charge in [-0.1, -0.05) is 48.5 Å². The molecule has 0 bridgehead atoms. The third-order valence-electron chi connectivity index (χ3n) is 6.19. The molecule has 5 nitrogen and oxygen atoms in total. The summed E-state index contributed by atoms with van der Waals surface area (Å²) in [5.74, 6) is 0.847. The van der Waals surface area contributed by atoms with Crippen molar-refractivity contribution in [2.75, 3.05) is 0 Å². The average molecular weight is 476 g/mol. The maximum atomic E-state index is 13.1. The molecule has 3 heterocycles. The Balaban J connectivity index is 1.55. The van der Waals surface area contributed by atoms with Crippen LogP contribution in [0.4, 0.5) is 0 Å². The molecule has 6 rings (SSSR count). The highest BCUT2D eigenvalue weighted by Gasteiger charge is 2.20. The first-order valence-electron chi connectivity index (χ1n) is 11.3. The zero-order chi connectivity index (χ0) is 24.0. The molecule has 0 unspecified atom stereocenters. The number of pyridine rings is 2. The molecular formula is C29H21N3O2S. The zero-order valence-electron chi connectivity index (χ0n) is 19.0. The molecule has 0 saturated carbocycles. The molecule has 0 N–H and O–H groups in total. The second-order valence-corrected chi connectivity index (χ2v) is 10.4. The average Bonchev–Trinajstić information content (AvgIpc) is 3.23. The van der Waals surface area contributed by atoms with Crippen LogP contribution >= 0.6 is 0 Å². The molecule has 35 heavy (non-hydrogen) atoms. The van der Waals surface area contributed by atoms with Gasteiger partial charge in [0.1, 0.15) is 5.82 Å². The number of sulfone groups is 1. The highest BCUT2D eigenvalue weighted by atomic mass is 32.2. The van der Waals surface area contributed by atoms with Gasteiger partial charge in [0.15, 0.2) is 5.03 Å². The minimum absolute atomic E-state index is 0.0400. The van der Waals surface area contributed by atoms with Crippen molar-refractivity contribution in [3.05, 3.63) is 115 Å². The molecule has 170 valence electrons. The van der Waals surface area contributed by atoms with E-state index in [0.29, 0.717) is 0 Å². The molecule has 6 heteroatoms. The van der Waals surface area contributed by atoms with Gasteiger partial charge in [-0.25, -0.2) is 18.4 Å². The summed E-state index contributed by atoms with van der Waals surface area (Å²) in [7, 11) is -3.71. The predicted molar refractivity (Wildman–Crippen MR) is 138 cm³/mol. The van der Waals surface area contributed by atoms with Crippen molar-refractivity contribution in [2.24, 2.45) is 0 Å². The number of aryl methyl sites for hydroxylation is 1. The van der Waals surface area contributed by atoms with E-state index >= 15 is 0 Å². The molecule has 3 aromatic carbocycles. The first-order chi connectivity index (χ1) is 17.0. The van der Waals surface area contributed by atoms with E-state index in [1.165, 1.54) is 12.3 Å². The van der Waals surface area contributed by atoms with Crippen LogP contribution in [0.1, 0.15) is 5.56 Å². The monoisotopic (exact) mass is 475 g/mol. The van der Waals surface area contributed by atoms with E-state index in [1.807, 2.05) is 36.5 Å². The van der Waals surface area contributed by atoms with Crippen LogP contribution in [-0.4, -0.2) is 23.0 Å². The van der Waals surface area contributed by atoms with Gasteiger partial charge in [-0.3, -0.25) is 4.57 Å². The molecule has 0 amide bonds. The zero-order valence-corrected chi connectivity index (χ0v) is 19.8. The standard InChI is InChI=1S/C29H21N3O2S/c1-20-14-16-30-28(17-20)32-26-10-3-2-9-24(26)25-13-12-22(19-27(25)32)21-7-6-8-23(18-21)35(33,34)29-11-4-5-15-31-29/h2-19H,1H3. The molecule has 6 aromatic rings. The fourth-order valence-electron chi connectivity index (χ4n) is 4.51. The van der Waals surface area contributed by atoms with E-state index in [0.717, 1.165) is 44.3 Å². The normalized spacial score (nSPS) is 11.8. The number of para-hydroxylation sites is 1. The topological polar surface area (TPSA) is 64.8 Å². The first-order valence-corrected chi connectivity index (χ1v) is 12.7. The smallest absolute Gasteiger partial charge is 0.223 e. The Morgan fingerprint density at radius 2 is 1.46 bits per heavy atom. The Hall–Kier alpha value is -4.29. The van der Waals surface area contributed by atoms with Gasteiger partial charge in [0.2, 0.25) is 9.84 Å². The van der Waals surface area contributed by atoms with Gasteiger partial charge in [-0.05, 0) is 72.1 Å². The summed E-state index contributed by atoms with van der Waals surface area (Å²) >= 11 is 0. The van der Waals surface area contributed by atoms with Gasteiger partial charge in [0, 0.05) is 23.2 Å². The van der Waals surface area contributed by atoms with Crippen molar-refractivity contribution in [1.29, 1.82) is 0 Å². The minimum atomic E-state index is -3.71. The van der Waals surface area contributed by atoms with Gasteiger partial charge in [-0.2, -0.15) is 0 Å². The van der Waals surface area contributed by atoms with Crippen molar-refractivity contribution < 1.29 is 8.42 Å². The number of aromatic nitrogens is 3. The molecule has 0 aliphatic heterocycles. The SMILES string of the molecule is Cc1ccnc(-n2c3ccccc3c3ccc(-c4cccc(S(=O)(=O)c5ccccn5)c4)cc32)c1. The lowest BCUT2D eigenvalue weighted by molar-refractivity contribution is 0.592. The van der Waals surface area contributed by atoms with Crippen molar-refractivity contribution in [3.8, 4) is 16.9 Å². The van der Waals surface area contributed by atoms with Crippen LogP contribution in [0.15, 0.2) is 119 Å². The second kappa shape index (κ2) is 8.18. The van der Waals surface area contributed by atoms with Gasteiger partial charge in [0.05, 0.1) is 15.9 Å². The lowest BCUT2D eigenvalue weighted by Crippen LogP contribution is -2.04. The largest absolute Gasteiger partial charge is 0.294 e. The highest BCUT2D eigenvalue weighted by molar-refractivity contribution is 7.91. The van der Waals surface area contributed by atoms with E-state index in [1.54, 1.807) is 30.3 Å². The van der Waals surface area contributed by atoms with Gasteiger partial charge in [-0.15, -0.1) is 0 Å². The fourth-order valence-corrected chi connectivity index (χ4v) is 5.75. The summed E-state index contributed by atoms with van der Waals surface area (Å²) in [6.07, 6.45) is 3.31. The maximum absolute atomic E-state index is 13.1. The first kappa shape index (κ1) is 21.3. The van der Waals surface area contributed by atoms with Crippen LogP contribution in [-0.2, 0) is 9.84 Å². The van der Waals surface area contributed by atoms with Crippen LogP contribution in [0.25, 0.3) is 38.8 Å². The van der Waals surface area contributed by atoms with Crippen LogP contribution in [0.3, 0.4) is 0 Å². The molecule has 0 saturated heterocycles. The van der Waals surface area contributed by atoms with Gasteiger partial charge >= 0.3 is 0 Å². The molecule has 0 radical (unpaired) electrons. The fraction of sp³-hybridized carbons (Fsp3) is 0.0345. The number of benzene rings is 3. The van der Waals surface area contributed by atoms with Crippen LogP contribution < -0.4 is 0 Å². The molecule has 0 fully saturated rings. The van der Waals surface area contributed by atoms with Crippen molar-refractivity contribution >= 4 is 31.6 Å². The lowest BCUT2D eigenvalue weighted by Gasteiger charge is -2.10. The third kappa shape index (κ3) is 3.59. The van der Waals surface area contributed by atoms with Crippen LogP contribution in [0.5, 0.6) is 0 Å². The summed E-state index contributed by atoms with van der Waals surface area (Å²) < 4.78 is 28.4. The summed E-state index contributed by atoms with van der Waals surface area (Å²) in [6, 6.07) is 30.5. The number of fused-ring (bicyclic) bond motifs is 3. The summed E-state index contributed by atoms with van der Waals surface area (Å²) in [5, 5.41) is 2.30. The van der Waals surface area contributed by atoms with Gasteiger partial charge in [0.25, 0.3) is 0 Å². The van der Waals surface area contributed by atoms with Crippen molar-refractivity contribution in [3.63, 3.8) is 0 Å². The summed E-state index contributed by atoms with van der Waals surface area (Å²) in [5.41, 5.74) is 4.96. The molecule has 0 aliphatic carbocycles. The van der Waals surface area contributed by atoms with E-state index in [2.05, 4.69) is 51.8 Å². The quantitative estimate of drug-likeness (QED) is 0.297. The van der Waals surface area contributed by atoms with Crippen molar-refractivity contribution in [2.45, 2.75) is 16.8 Å². The number of rotatable bonds is 4.